The lowest BCUT2D eigenvalue weighted by atomic mass is 9.88. The summed E-state index contributed by atoms with van der Waals surface area (Å²) in [7, 11) is 0. The van der Waals surface area contributed by atoms with Crippen LogP contribution < -0.4 is 0 Å². The molecule has 0 saturated heterocycles. The molecule has 0 unspecified atom stereocenters. The van der Waals surface area contributed by atoms with Gasteiger partial charge in [0.15, 0.2) is 0 Å². The van der Waals surface area contributed by atoms with Crippen molar-refractivity contribution in [2.45, 2.75) is 94.9 Å². The van der Waals surface area contributed by atoms with Crippen LogP contribution in [-0.2, 0) is 0 Å². The molecular formula is C18H40. The molecule has 0 rings (SSSR count). The van der Waals surface area contributed by atoms with Gasteiger partial charge in [-0.15, -0.1) is 0 Å². The predicted octanol–water partition coefficient (Wildman–Crippen LogP) is 6.94. The van der Waals surface area contributed by atoms with Gasteiger partial charge in [-0.3, -0.25) is 0 Å². The molecule has 0 aliphatic carbocycles. The summed E-state index contributed by atoms with van der Waals surface area (Å²) in [6.45, 7) is 22.9. The van der Waals surface area contributed by atoms with E-state index in [1.54, 1.807) is 0 Å². The fraction of sp³-hybridized carbons (Fsp3) is 1.00. The van der Waals surface area contributed by atoms with Crippen molar-refractivity contribution in [1.82, 2.24) is 0 Å². The second-order valence-electron chi connectivity index (χ2n) is 8.99. The van der Waals surface area contributed by atoms with Crippen molar-refractivity contribution < 1.29 is 0 Å². The van der Waals surface area contributed by atoms with Crippen molar-refractivity contribution in [2.75, 3.05) is 0 Å². The van der Waals surface area contributed by atoms with E-state index in [2.05, 4.69) is 69.2 Å². The zero-order chi connectivity index (χ0) is 15.0. The lowest BCUT2D eigenvalue weighted by Crippen LogP contribution is -2.05. The highest BCUT2D eigenvalue weighted by Crippen LogP contribution is 2.23. The second-order valence-corrected chi connectivity index (χ2v) is 8.99. The Hall–Kier alpha value is 0. The van der Waals surface area contributed by atoms with E-state index in [-0.39, 0.29) is 0 Å². The van der Waals surface area contributed by atoms with E-state index in [0.29, 0.717) is 10.8 Å². The van der Waals surface area contributed by atoms with Crippen molar-refractivity contribution >= 4 is 0 Å². The van der Waals surface area contributed by atoms with Crippen LogP contribution >= 0.6 is 0 Å². The van der Waals surface area contributed by atoms with Crippen LogP contribution in [0.3, 0.4) is 0 Å². The largest absolute Gasteiger partial charge is 0.0628 e. The Morgan fingerprint density at radius 2 is 0.778 bits per heavy atom. The molecule has 112 valence electrons. The fourth-order valence-electron chi connectivity index (χ4n) is 1.44. The molecule has 0 aliphatic heterocycles. The molecule has 0 nitrogen and oxygen atoms in total. The zero-order valence-electron chi connectivity index (χ0n) is 15.0. The Bertz CT molecular complexity index is 151. The summed E-state index contributed by atoms with van der Waals surface area (Å²) in [6, 6.07) is 0. The Balaban J connectivity index is 0. The minimum Gasteiger partial charge on any atom is -0.0628 e. The maximum Gasteiger partial charge on any atom is -0.0383 e. The summed E-state index contributed by atoms with van der Waals surface area (Å²) in [5.41, 5.74) is 1.06. The molecule has 0 amide bonds. The van der Waals surface area contributed by atoms with Gasteiger partial charge in [0.05, 0.1) is 0 Å². The van der Waals surface area contributed by atoms with Crippen molar-refractivity contribution in [3.8, 4) is 0 Å². The number of hydrogen-bond acceptors (Lipinski definition) is 0. The van der Waals surface area contributed by atoms with Gasteiger partial charge in [-0.05, 0) is 35.5 Å². The summed E-state index contributed by atoms with van der Waals surface area (Å²) >= 11 is 0. The highest BCUT2D eigenvalue weighted by Gasteiger charge is 2.10. The van der Waals surface area contributed by atoms with Gasteiger partial charge < -0.3 is 0 Å². The average molecular weight is 257 g/mol. The molecule has 0 aromatic rings. The van der Waals surface area contributed by atoms with Gasteiger partial charge in [0.1, 0.15) is 0 Å². The maximum absolute atomic E-state index is 2.30. The minimum atomic E-state index is 0.532. The van der Waals surface area contributed by atoms with E-state index in [1.807, 2.05) is 0 Å². The van der Waals surface area contributed by atoms with Crippen LogP contribution in [0.2, 0.25) is 0 Å². The Kier molecular flexibility index (Phi) is 10.2. The normalized spacial score (nSPS) is 12.7. The first-order valence-corrected chi connectivity index (χ1v) is 7.83. The summed E-state index contributed by atoms with van der Waals surface area (Å²) in [5, 5.41) is 0. The van der Waals surface area contributed by atoms with E-state index in [1.165, 1.54) is 25.7 Å². The molecule has 0 aliphatic rings. The van der Waals surface area contributed by atoms with Gasteiger partial charge in [0, 0.05) is 0 Å². The highest BCUT2D eigenvalue weighted by molar-refractivity contribution is 4.62. The number of rotatable bonds is 4. The summed E-state index contributed by atoms with van der Waals surface area (Å²) in [4.78, 5) is 0. The van der Waals surface area contributed by atoms with Crippen LogP contribution in [0.1, 0.15) is 94.9 Å². The summed E-state index contributed by atoms with van der Waals surface area (Å²) < 4.78 is 0. The molecule has 18 heavy (non-hydrogen) atoms. The number of hydrogen-bond donors (Lipinski definition) is 0. The van der Waals surface area contributed by atoms with Crippen LogP contribution in [-0.4, -0.2) is 0 Å². The molecule has 0 N–H and O–H groups in total. The first-order valence-electron chi connectivity index (χ1n) is 7.83. The van der Waals surface area contributed by atoms with E-state index in [0.717, 1.165) is 11.8 Å². The fourth-order valence-corrected chi connectivity index (χ4v) is 1.44. The van der Waals surface area contributed by atoms with Crippen molar-refractivity contribution in [3.63, 3.8) is 0 Å². The highest BCUT2D eigenvalue weighted by atomic mass is 14.2. The molecule has 0 atom stereocenters. The molecule has 0 heterocycles. The summed E-state index contributed by atoms with van der Waals surface area (Å²) in [5.74, 6) is 1.73. The minimum absolute atomic E-state index is 0.532. The molecule has 0 saturated carbocycles. The molecule has 0 spiro atoms. The van der Waals surface area contributed by atoms with E-state index in [9.17, 15) is 0 Å². The van der Waals surface area contributed by atoms with Gasteiger partial charge in [0.2, 0.25) is 0 Å². The van der Waals surface area contributed by atoms with Gasteiger partial charge >= 0.3 is 0 Å². The standard InChI is InChI=1S/2C9H20/c2*1-8(2)6-7-9(3,4)5/h2*8H,6-7H2,1-5H3. The first-order chi connectivity index (χ1) is 7.83. The molecule has 0 heteroatoms. The predicted molar refractivity (Wildman–Crippen MR) is 87.1 cm³/mol. The van der Waals surface area contributed by atoms with E-state index < -0.39 is 0 Å². The third kappa shape index (κ3) is 25.0. The summed E-state index contributed by atoms with van der Waals surface area (Å²) in [6.07, 6.45) is 5.43. The topological polar surface area (TPSA) is 0 Å². The molecule has 0 bridgehead atoms. The third-order valence-corrected chi connectivity index (χ3v) is 2.94. The van der Waals surface area contributed by atoms with Gasteiger partial charge in [0.25, 0.3) is 0 Å². The van der Waals surface area contributed by atoms with Crippen LogP contribution in [0.5, 0.6) is 0 Å². The van der Waals surface area contributed by atoms with Gasteiger partial charge in [-0.2, -0.15) is 0 Å². The van der Waals surface area contributed by atoms with Crippen LogP contribution in [0, 0.1) is 22.7 Å². The van der Waals surface area contributed by atoms with Crippen molar-refractivity contribution in [1.29, 1.82) is 0 Å². The second kappa shape index (κ2) is 8.99. The zero-order valence-corrected chi connectivity index (χ0v) is 15.0. The van der Waals surface area contributed by atoms with Crippen LogP contribution in [0.25, 0.3) is 0 Å². The molecule has 0 aromatic carbocycles. The monoisotopic (exact) mass is 256 g/mol. The lowest BCUT2D eigenvalue weighted by molar-refractivity contribution is 0.338. The smallest absolute Gasteiger partial charge is 0.0383 e. The lowest BCUT2D eigenvalue weighted by Gasteiger charge is -2.18. The molecule has 0 fully saturated rings. The molecule has 0 radical (unpaired) electrons. The van der Waals surface area contributed by atoms with Crippen LogP contribution in [0.4, 0.5) is 0 Å². The SMILES string of the molecule is CC(C)CCC(C)(C)C.CC(C)CCC(C)(C)C. The Labute approximate surface area is 118 Å². The van der Waals surface area contributed by atoms with E-state index >= 15 is 0 Å². The average Bonchev–Trinajstić information content (AvgIpc) is 2.10. The Morgan fingerprint density at radius 3 is 0.833 bits per heavy atom. The van der Waals surface area contributed by atoms with E-state index in [4.69, 9.17) is 0 Å². The van der Waals surface area contributed by atoms with Gasteiger partial charge in [-0.1, -0.05) is 82.1 Å². The van der Waals surface area contributed by atoms with Crippen molar-refractivity contribution in [2.24, 2.45) is 22.7 Å². The Morgan fingerprint density at radius 1 is 0.556 bits per heavy atom. The van der Waals surface area contributed by atoms with Crippen LogP contribution in [0.15, 0.2) is 0 Å². The third-order valence-electron chi connectivity index (χ3n) is 2.94. The first kappa shape index (κ1) is 20.3. The molecule has 0 aromatic heterocycles. The van der Waals surface area contributed by atoms with Gasteiger partial charge in [-0.25, -0.2) is 0 Å². The molecular weight excluding hydrogens is 216 g/mol. The van der Waals surface area contributed by atoms with Crippen molar-refractivity contribution in [3.05, 3.63) is 0 Å². The quantitative estimate of drug-likeness (QED) is 0.511. The maximum atomic E-state index is 2.30.